The number of methoxy groups -OCH3 is 2. The number of halogens is 1. The fourth-order valence-electron chi connectivity index (χ4n) is 2.47. The Morgan fingerprint density at radius 3 is 2.61 bits per heavy atom. The molecule has 0 bridgehead atoms. The van der Waals surface area contributed by atoms with Crippen LogP contribution in [0.25, 0.3) is 0 Å². The van der Waals surface area contributed by atoms with Crippen LogP contribution in [0, 0.1) is 0 Å². The summed E-state index contributed by atoms with van der Waals surface area (Å²) in [5, 5.41) is 4.81. The van der Waals surface area contributed by atoms with Gasteiger partial charge in [-0.25, -0.2) is 4.98 Å². The van der Waals surface area contributed by atoms with Gasteiger partial charge in [-0.3, -0.25) is 4.79 Å². The van der Waals surface area contributed by atoms with Gasteiger partial charge >= 0.3 is 0 Å². The van der Waals surface area contributed by atoms with Crippen LogP contribution in [0.15, 0.2) is 56.7 Å². The Labute approximate surface area is 180 Å². The van der Waals surface area contributed by atoms with Gasteiger partial charge in [-0.1, -0.05) is 33.8 Å². The molecule has 1 aromatic heterocycles. The summed E-state index contributed by atoms with van der Waals surface area (Å²) in [5.74, 6) is 2.18. The first-order valence-electron chi connectivity index (χ1n) is 8.40. The monoisotopic (exact) mass is 478 g/mol. The van der Waals surface area contributed by atoms with Crippen molar-refractivity contribution in [1.82, 2.24) is 4.98 Å². The highest BCUT2D eigenvalue weighted by Crippen LogP contribution is 2.30. The van der Waals surface area contributed by atoms with E-state index >= 15 is 0 Å². The lowest BCUT2D eigenvalue weighted by atomic mass is 10.2. The van der Waals surface area contributed by atoms with E-state index in [4.69, 9.17) is 9.47 Å². The molecule has 0 atom stereocenters. The molecular formula is C20H19BrN2O3S2. The first-order valence-corrected chi connectivity index (χ1v) is 11.1. The first kappa shape index (κ1) is 20.7. The average molecular weight is 479 g/mol. The maximum absolute atomic E-state index is 12.2. The van der Waals surface area contributed by atoms with E-state index in [1.165, 1.54) is 0 Å². The largest absolute Gasteiger partial charge is 0.497 e. The van der Waals surface area contributed by atoms with Crippen molar-refractivity contribution in [1.29, 1.82) is 0 Å². The summed E-state index contributed by atoms with van der Waals surface area (Å²) in [6, 6.07) is 13.3. The molecule has 2 aromatic carbocycles. The number of ether oxygens (including phenoxy) is 2. The lowest BCUT2D eigenvalue weighted by Crippen LogP contribution is -2.14. The van der Waals surface area contributed by atoms with Crippen molar-refractivity contribution in [2.24, 2.45) is 0 Å². The molecule has 0 fully saturated rings. The Kier molecular flexibility index (Phi) is 7.36. The Balaban J connectivity index is 1.56. The molecule has 0 saturated heterocycles. The zero-order chi connectivity index (χ0) is 19.9. The fourth-order valence-corrected chi connectivity index (χ4v) is 4.64. The number of benzene rings is 2. The molecular weight excluding hydrogens is 460 g/mol. The highest BCUT2D eigenvalue weighted by molar-refractivity contribution is 9.10. The molecule has 3 aromatic rings. The molecule has 0 radical (unpaired) electrons. The molecule has 0 aliphatic rings. The molecule has 1 N–H and O–H groups in total. The van der Waals surface area contributed by atoms with E-state index in [2.05, 4.69) is 26.2 Å². The van der Waals surface area contributed by atoms with Crippen molar-refractivity contribution >= 4 is 50.6 Å². The summed E-state index contributed by atoms with van der Waals surface area (Å²) in [6.07, 6.45) is 0.247. The van der Waals surface area contributed by atoms with Gasteiger partial charge in [-0.05, 0) is 35.9 Å². The Hall–Kier alpha value is -2.03. The van der Waals surface area contributed by atoms with Crippen molar-refractivity contribution in [2.75, 3.05) is 19.5 Å². The van der Waals surface area contributed by atoms with Crippen molar-refractivity contribution in [2.45, 2.75) is 16.5 Å². The lowest BCUT2D eigenvalue weighted by molar-refractivity contribution is -0.115. The third-order valence-corrected chi connectivity index (χ3v) is 6.39. The molecule has 0 spiro atoms. The van der Waals surface area contributed by atoms with E-state index in [9.17, 15) is 4.79 Å². The number of hydrogen-bond donors (Lipinski definition) is 1. The fraction of sp³-hybridized carbons (Fsp3) is 0.200. The number of hydrogen-bond acceptors (Lipinski definition) is 6. The van der Waals surface area contributed by atoms with Gasteiger partial charge < -0.3 is 14.8 Å². The number of carbonyl (C=O) groups excluding carboxylic acids is 1. The highest BCUT2D eigenvalue weighted by atomic mass is 79.9. The molecule has 0 aliphatic carbocycles. The maximum atomic E-state index is 12.2. The van der Waals surface area contributed by atoms with E-state index in [1.54, 1.807) is 37.3 Å². The number of aromatic nitrogens is 1. The van der Waals surface area contributed by atoms with E-state index in [0.29, 0.717) is 0 Å². The minimum Gasteiger partial charge on any atom is -0.497 e. The Bertz CT molecular complexity index is 940. The smallest absolute Gasteiger partial charge is 0.230 e. The van der Waals surface area contributed by atoms with E-state index < -0.39 is 0 Å². The number of amides is 1. The summed E-state index contributed by atoms with van der Waals surface area (Å²) < 4.78 is 12.5. The van der Waals surface area contributed by atoms with E-state index in [-0.39, 0.29) is 12.3 Å². The molecule has 1 amide bonds. The number of nitrogens with zero attached hydrogens (tertiary/aromatic N) is 1. The number of thiazole rings is 1. The van der Waals surface area contributed by atoms with Crippen LogP contribution in [0.2, 0.25) is 0 Å². The number of carbonyl (C=O) groups is 1. The third-order valence-electron chi connectivity index (χ3n) is 3.75. The van der Waals surface area contributed by atoms with Crippen molar-refractivity contribution < 1.29 is 14.3 Å². The molecule has 3 rings (SSSR count). The van der Waals surface area contributed by atoms with E-state index in [0.717, 1.165) is 43.0 Å². The molecule has 8 heteroatoms. The van der Waals surface area contributed by atoms with E-state index in [1.807, 2.05) is 47.8 Å². The second kappa shape index (κ2) is 9.95. The topological polar surface area (TPSA) is 60.5 Å². The summed E-state index contributed by atoms with van der Waals surface area (Å²) in [5.41, 5.74) is 2.62. The zero-order valence-electron chi connectivity index (χ0n) is 15.4. The van der Waals surface area contributed by atoms with Crippen LogP contribution in [-0.4, -0.2) is 25.1 Å². The molecule has 28 heavy (non-hydrogen) atoms. The van der Waals surface area contributed by atoms with Crippen LogP contribution >= 0.6 is 39.0 Å². The maximum Gasteiger partial charge on any atom is 0.230 e. The zero-order valence-corrected chi connectivity index (χ0v) is 18.6. The van der Waals surface area contributed by atoms with Gasteiger partial charge in [0.1, 0.15) is 15.8 Å². The van der Waals surface area contributed by atoms with Crippen LogP contribution in [0.5, 0.6) is 11.5 Å². The molecule has 146 valence electrons. The predicted molar refractivity (Wildman–Crippen MR) is 118 cm³/mol. The highest BCUT2D eigenvalue weighted by Gasteiger charge is 2.10. The molecule has 0 unspecified atom stereocenters. The van der Waals surface area contributed by atoms with Crippen LogP contribution < -0.4 is 14.8 Å². The quantitative estimate of drug-likeness (QED) is 0.439. The van der Waals surface area contributed by atoms with Crippen molar-refractivity contribution in [3.8, 4) is 11.5 Å². The normalized spacial score (nSPS) is 10.5. The standard InChI is InChI=1S/C20H19BrN2O3S2/c1-25-17-6-13(7-18(10-17)26-2)11-27-20-23-16(12-28-20)9-19(24)22-15-5-3-4-14(21)8-15/h3-8,10,12H,9,11H2,1-2H3,(H,22,24). The van der Waals surface area contributed by atoms with Crippen LogP contribution in [0.4, 0.5) is 5.69 Å². The number of nitrogens with one attached hydrogen (secondary N) is 1. The van der Waals surface area contributed by atoms with Crippen LogP contribution in [-0.2, 0) is 17.0 Å². The summed E-state index contributed by atoms with van der Waals surface area (Å²) >= 11 is 6.56. The summed E-state index contributed by atoms with van der Waals surface area (Å²) in [6.45, 7) is 0. The lowest BCUT2D eigenvalue weighted by Gasteiger charge is -2.07. The Morgan fingerprint density at radius 1 is 1.18 bits per heavy atom. The van der Waals surface area contributed by atoms with Gasteiger partial charge in [0.25, 0.3) is 0 Å². The van der Waals surface area contributed by atoms with Gasteiger partial charge in [-0.15, -0.1) is 11.3 Å². The first-order chi connectivity index (χ1) is 13.6. The molecule has 0 aliphatic heterocycles. The van der Waals surface area contributed by atoms with Gasteiger partial charge in [0.05, 0.1) is 26.3 Å². The minimum atomic E-state index is -0.0857. The molecule has 0 saturated carbocycles. The van der Waals surface area contributed by atoms with Gasteiger partial charge in [0.2, 0.25) is 5.91 Å². The number of anilines is 1. The Morgan fingerprint density at radius 2 is 1.93 bits per heavy atom. The summed E-state index contributed by atoms with van der Waals surface area (Å²) in [4.78, 5) is 16.8. The van der Waals surface area contributed by atoms with Crippen LogP contribution in [0.1, 0.15) is 11.3 Å². The average Bonchev–Trinajstić information content (AvgIpc) is 3.13. The predicted octanol–water partition coefficient (Wildman–Crippen LogP) is 5.40. The molecule has 1 heterocycles. The third kappa shape index (κ3) is 5.98. The van der Waals surface area contributed by atoms with Crippen LogP contribution in [0.3, 0.4) is 0 Å². The summed E-state index contributed by atoms with van der Waals surface area (Å²) in [7, 11) is 3.27. The SMILES string of the molecule is COc1cc(CSc2nc(CC(=O)Nc3cccc(Br)c3)cs2)cc(OC)c1. The second-order valence-electron chi connectivity index (χ2n) is 5.85. The van der Waals surface area contributed by atoms with Gasteiger partial charge in [0.15, 0.2) is 0 Å². The van der Waals surface area contributed by atoms with Crippen molar-refractivity contribution in [3.05, 3.63) is 63.6 Å². The minimum absolute atomic E-state index is 0.0857. The van der Waals surface area contributed by atoms with Gasteiger partial charge in [-0.2, -0.15) is 0 Å². The number of thioether (sulfide) groups is 1. The van der Waals surface area contributed by atoms with Gasteiger partial charge in [0, 0.05) is 27.4 Å². The second-order valence-corrected chi connectivity index (χ2v) is 8.85. The number of rotatable bonds is 8. The van der Waals surface area contributed by atoms with Crippen molar-refractivity contribution in [3.63, 3.8) is 0 Å². The molecule has 5 nitrogen and oxygen atoms in total.